The molecule has 2 heterocycles. The SMILES string of the molecule is c1ccc(-n2c3ccccc3c3c4ccccc4cnc32)cc1. The van der Waals surface area contributed by atoms with Crippen LogP contribution in [-0.2, 0) is 0 Å². The highest BCUT2D eigenvalue weighted by molar-refractivity contribution is 6.19. The third-order valence-corrected chi connectivity index (χ3v) is 4.42. The molecule has 23 heavy (non-hydrogen) atoms. The van der Waals surface area contributed by atoms with Crippen LogP contribution in [0.2, 0.25) is 0 Å². The van der Waals surface area contributed by atoms with Gasteiger partial charge >= 0.3 is 0 Å². The topological polar surface area (TPSA) is 17.8 Å². The lowest BCUT2D eigenvalue weighted by Gasteiger charge is -2.06. The van der Waals surface area contributed by atoms with Gasteiger partial charge in [-0.05, 0) is 23.6 Å². The van der Waals surface area contributed by atoms with Crippen LogP contribution in [0.25, 0.3) is 38.4 Å². The van der Waals surface area contributed by atoms with Crippen molar-refractivity contribution in [3.63, 3.8) is 0 Å². The van der Waals surface area contributed by atoms with Gasteiger partial charge in [-0.15, -0.1) is 0 Å². The van der Waals surface area contributed by atoms with Crippen LogP contribution in [0.4, 0.5) is 0 Å². The number of aromatic nitrogens is 2. The Hall–Kier alpha value is -3.13. The fourth-order valence-electron chi connectivity index (χ4n) is 3.42. The largest absolute Gasteiger partial charge is 0.294 e. The fraction of sp³-hybridized carbons (Fsp3) is 0. The smallest absolute Gasteiger partial charge is 0.146 e. The molecule has 0 amide bonds. The van der Waals surface area contributed by atoms with Gasteiger partial charge in [0.05, 0.1) is 5.52 Å². The molecule has 108 valence electrons. The van der Waals surface area contributed by atoms with Crippen molar-refractivity contribution in [3.05, 3.63) is 85.1 Å². The van der Waals surface area contributed by atoms with Gasteiger partial charge < -0.3 is 0 Å². The van der Waals surface area contributed by atoms with Gasteiger partial charge in [0.1, 0.15) is 5.65 Å². The van der Waals surface area contributed by atoms with Crippen molar-refractivity contribution in [2.75, 3.05) is 0 Å². The van der Waals surface area contributed by atoms with Crippen molar-refractivity contribution in [2.45, 2.75) is 0 Å². The number of rotatable bonds is 1. The summed E-state index contributed by atoms with van der Waals surface area (Å²) in [6, 6.07) is 27.4. The minimum absolute atomic E-state index is 1.01. The summed E-state index contributed by atoms with van der Waals surface area (Å²) in [6.45, 7) is 0. The zero-order valence-electron chi connectivity index (χ0n) is 12.5. The van der Waals surface area contributed by atoms with E-state index in [1.54, 1.807) is 0 Å². The first-order valence-electron chi connectivity index (χ1n) is 7.76. The van der Waals surface area contributed by atoms with Gasteiger partial charge in [0.2, 0.25) is 0 Å². The summed E-state index contributed by atoms with van der Waals surface area (Å²) in [5.41, 5.74) is 3.34. The lowest BCUT2D eigenvalue weighted by atomic mass is 10.1. The highest BCUT2D eigenvalue weighted by atomic mass is 15.0. The van der Waals surface area contributed by atoms with E-state index in [0.717, 1.165) is 11.3 Å². The summed E-state index contributed by atoms with van der Waals surface area (Å²) in [5.74, 6) is 0. The zero-order valence-corrected chi connectivity index (χ0v) is 12.5. The number of fused-ring (bicyclic) bond motifs is 5. The van der Waals surface area contributed by atoms with Crippen LogP contribution in [0, 0.1) is 0 Å². The standard InChI is InChI=1S/C21H14N2/c1-2-9-16(10-3-1)23-19-13-7-6-12-18(19)20-17-11-5-4-8-15(17)14-22-21(20)23/h1-14H. The van der Waals surface area contributed by atoms with Gasteiger partial charge in [0.15, 0.2) is 0 Å². The summed E-state index contributed by atoms with van der Waals surface area (Å²) >= 11 is 0. The molecule has 5 rings (SSSR count). The van der Waals surface area contributed by atoms with Gasteiger partial charge in [0, 0.05) is 28.0 Å². The molecule has 0 saturated carbocycles. The molecule has 0 radical (unpaired) electrons. The highest BCUT2D eigenvalue weighted by Gasteiger charge is 2.14. The average Bonchev–Trinajstić information content (AvgIpc) is 2.97. The van der Waals surface area contributed by atoms with Crippen LogP contribution in [0.1, 0.15) is 0 Å². The van der Waals surface area contributed by atoms with E-state index in [0.29, 0.717) is 0 Å². The van der Waals surface area contributed by atoms with Gasteiger partial charge in [-0.2, -0.15) is 0 Å². The molecule has 0 aliphatic heterocycles. The maximum absolute atomic E-state index is 4.79. The molecular weight excluding hydrogens is 280 g/mol. The molecule has 2 aromatic heterocycles. The molecule has 2 nitrogen and oxygen atoms in total. The number of hydrogen-bond donors (Lipinski definition) is 0. The molecule has 0 aliphatic rings. The molecule has 0 unspecified atom stereocenters. The van der Waals surface area contributed by atoms with Crippen LogP contribution in [0.15, 0.2) is 85.1 Å². The third-order valence-electron chi connectivity index (χ3n) is 4.42. The van der Waals surface area contributed by atoms with Crippen LogP contribution >= 0.6 is 0 Å². The molecule has 0 atom stereocenters. The molecule has 0 aliphatic carbocycles. The second kappa shape index (κ2) is 4.68. The predicted molar refractivity (Wildman–Crippen MR) is 96.1 cm³/mol. The predicted octanol–water partition coefficient (Wildman–Crippen LogP) is 5.33. The van der Waals surface area contributed by atoms with E-state index in [2.05, 4.69) is 77.4 Å². The summed E-state index contributed by atoms with van der Waals surface area (Å²) in [6.07, 6.45) is 1.97. The van der Waals surface area contributed by atoms with Gasteiger partial charge in [0.25, 0.3) is 0 Å². The monoisotopic (exact) mass is 294 g/mol. The lowest BCUT2D eigenvalue weighted by molar-refractivity contribution is 1.14. The Morgan fingerprint density at radius 1 is 0.652 bits per heavy atom. The van der Waals surface area contributed by atoms with E-state index in [1.165, 1.54) is 27.1 Å². The quantitative estimate of drug-likeness (QED) is 0.408. The Balaban J connectivity index is 2.07. The van der Waals surface area contributed by atoms with E-state index in [-0.39, 0.29) is 0 Å². The molecule has 0 saturated heterocycles. The average molecular weight is 294 g/mol. The summed E-state index contributed by atoms with van der Waals surface area (Å²) in [5, 5.41) is 4.90. The van der Waals surface area contributed by atoms with E-state index >= 15 is 0 Å². The zero-order chi connectivity index (χ0) is 15.2. The second-order valence-electron chi connectivity index (χ2n) is 5.73. The Morgan fingerprint density at radius 3 is 2.22 bits per heavy atom. The summed E-state index contributed by atoms with van der Waals surface area (Å²) in [7, 11) is 0. The van der Waals surface area contributed by atoms with Gasteiger partial charge in [-0.3, -0.25) is 4.57 Å². The number of hydrogen-bond acceptors (Lipinski definition) is 1. The maximum Gasteiger partial charge on any atom is 0.146 e. The first-order valence-corrected chi connectivity index (χ1v) is 7.76. The number of benzene rings is 3. The molecule has 0 bridgehead atoms. The Morgan fingerprint density at radius 2 is 1.35 bits per heavy atom. The molecule has 0 fully saturated rings. The summed E-state index contributed by atoms with van der Waals surface area (Å²) in [4.78, 5) is 4.79. The normalized spacial score (nSPS) is 11.5. The van der Waals surface area contributed by atoms with Crippen LogP contribution < -0.4 is 0 Å². The Kier molecular flexibility index (Phi) is 2.53. The van der Waals surface area contributed by atoms with Crippen molar-refractivity contribution < 1.29 is 0 Å². The minimum atomic E-state index is 1.01. The van der Waals surface area contributed by atoms with Crippen LogP contribution in [0.5, 0.6) is 0 Å². The molecular formula is C21H14N2. The first-order chi connectivity index (χ1) is 11.4. The molecule has 2 heteroatoms. The van der Waals surface area contributed by atoms with Crippen LogP contribution in [-0.4, -0.2) is 9.55 Å². The van der Waals surface area contributed by atoms with E-state index < -0.39 is 0 Å². The van der Waals surface area contributed by atoms with Crippen molar-refractivity contribution in [1.29, 1.82) is 0 Å². The van der Waals surface area contributed by atoms with E-state index in [1.807, 2.05) is 12.3 Å². The fourth-order valence-corrected chi connectivity index (χ4v) is 3.42. The molecule has 0 spiro atoms. The maximum atomic E-state index is 4.79. The van der Waals surface area contributed by atoms with Crippen molar-refractivity contribution in [2.24, 2.45) is 0 Å². The van der Waals surface area contributed by atoms with Gasteiger partial charge in [-0.1, -0.05) is 60.7 Å². The number of pyridine rings is 1. The second-order valence-corrected chi connectivity index (χ2v) is 5.73. The Labute approximate surface area is 133 Å². The lowest BCUT2D eigenvalue weighted by Crippen LogP contribution is -1.94. The van der Waals surface area contributed by atoms with Crippen molar-refractivity contribution >= 4 is 32.7 Å². The van der Waals surface area contributed by atoms with Crippen molar-refractivity contribution in [1.82, 2.24) is 9.55 Å². The number of nitrogens with zero attached hydrogens (tertiary/aromatic N) is 2. The first kappa shape index (κ1) is 12.4. The highest BCUT2D eigenvalue weighted by Crippen LogP contribution is 2.35. The molecule has 3 aromatic carbocycles. The van der Waals surface area contributed by atoms with Crippen LogP contribution in [0.3, 0.4) is 0 Å². The number of para-hydroxylation sites is 2. The molecule has 0 N–H and O–H groups in total. The van der Waals surface area contributed by atoms with Gasteiger partial charge in [-0.25, -0.2) is 4.98 Å². The summed E-state index contributed by atoms with van der Waals surface area (Å²) < 4.78 is 2.25. The van der Waals surface area contributed by atoms with E-state index in [4.69, 9.17) is 4.98 Å². The third kappa shape index (κ3) is 1.72. The Bertz CT molecular complexity index is 1150. The molecule has 5 aromatic rings. The van der Waals surface area contributed by atoms with Crippen molar-refractivity contribution in [3.8, 4) is 5.69 Å². The minimum Gasteiger partial charge on any atom is -0.294 e. The van der Waals surface area contributed by atoms with E-state index in [9.17, 15) is 0 Å².